The second-order valence-corrected chi connectivity index (χ2v) is 6.28. The molecule has 152 valence electrons. The van der Waals surface area contributed by atoms with Crippen LogP contribution in [0, 0.1) is 0 Å². The number of rotatable bonds is 8. The Labute approximate surface area is 168 Å². The van der Waals surface area contributed by atoms with Crippen LogP contribution < -0.4 is 25.1 Å². The number of nitrogens with one attached hydrogen (secondary N) is 1. The molecule has 3 aromatic rings. The lowest BCUT2D eigenvalue weighted by Gasteiger charge is -2.12. The van der Waals surface area contributed by atoms with Crippen molar-refractivity contribution in [3.8, 4) is 17.2 Å². The van der Waals surface area contributed by atoms with Crippen LogP contribution in [0.5, 0.6) is 17.2 Å². The minimum Gasteiger partial charge on any atom is -0.496 e. The van der Waals surface area contributed by atoms with Crippen LogP contribution in [0.2, 0.25) is 0 Å². The molecule has 0 fully saturated rings. The van der Waals surface area contributed by atoms with Crippen LogP contribution in [-0.2, 0) is 17.8 Å². The molecule has 0 saturated carbocycles. The van der Waals surface area contributed by atoms with Crippen LogP contribution >= 0.6 is 0 Å². The van der Waals surface area contributed by atoms with Gasteiger partial charge in [0.2, 0.25) is 5.91 Å². The van der Waals surface area contributed by atoms with Gasteiger partial charge in [0.15, 0.2) is 11.5 Å². The van der Waals surface area contributed by atoms with Crippen LogP contribution in [0.15, 0.2) is 47.4 Å². The Bertz CT molecular complexity index is 1080. The van der Waals surface area contributed by atoms with E-state index >= 15 is 0 Å². The Morgan fingerprint density at radius 3 is 2.52 bits per heavy atom. The van der Waals surface area contributed by atoms with Crippen molar-refractivity contribution in [2.24, 2.45) is 0 Å². The lowest BCUT2D eigenvalue weighted by molar-refractivity contribution is -0.121. The number of hydrogen-bond donors (Lipinski definition) is 1. The number of hydrogen-bond acceptors (Lipinski definition) is 6. The van der Waals surface area contributed by atoms with Crippen molar-refractivity contribution in [2.45, 2.75) is 13.0 Å². The van der Waals surface area contributed by atoms with Gasteiger partial charge in [0.25, 0.3) is 5.56 Å². The summed E-state index contributed by atoms with van der Waals surface area (Å²) in [6.07, 6.45) is 2.14. The summed E-state index contributed by atoms with van der Waals surface area (Å²) >= 11 is 0. The zero-order valence-corrected chi connectivity index (χ0v) is 16.6. The molecule has 2 aromatic carbocycles. The van der Waals surface area contributed by atoms with Gasteiger partial charge in [0, 0.05) is 11.9 Å². The number of carbonyl (C=O) groups excluding carboxylic acids is 1. The normalized spacial score (nSPS) is 10.6. The van der Waals surface area contributed by atoms with Crippen LogP contribution in [0.3, 0.4) is 0 Å². The van der Waals surface area contributed by atoms with Gasteiger partial charge in [-0.15, -0.1) is 0 Å². The molecule has 0 aliphatic carbocycles. The fourth-order valence-corrected chi connectivity index (χ4v) is 3.13. The number of methoxy groups -OCH3 is 3. The third-order valence-electron chi connectivity index (χ3n) is 4.56. The highest BCUT2D eigenvalue weighted by Gasteiger charge is 2.16. The largest absolute Gasteiger partial charge is 0.496 e. The van der Waals surface area contributed by atoms with Crippen LogP contribution in [0.1, 0.15) is 5.56 Å². The SMILES string of the molecule is COc1ccccc1CCNC(=O)Cn1ncc2ccc(OC)c(OC)c2c1=O. The maximum absolute atomic E-state index is 12.9. The van der Waals surface area contributed by atoms with Crippen molar-refractivity contribution in [2.75, 3.05) is 27.9 Å². The van der Waals surface area contributed by atoms with Crippen molar-refractivity contribution < 1.29 is 19.0 Å². The Morgan fingerprint density at radius 1 is 1.03 bits per heavy atom. The first-order chi connectivity index (χ1) is 14.1. The van der Waals surface area contributed by atoms with E-state index in [9.17, 15) is 9.59 Å². The van der Waals surface area contributed by atoms with Gasteiger partial charge in [-0.05, 0) is 30.2 Å². The highest BCUT2D eigenvalue weighted by atomic mass is 16.5. The number of para-hydroxylation sites is 1. The number of aromatic nitrogens is 2. The number of carbonyl (C=O) groups is 1. The van der Waals surface area contributed by atoms with Crippen LogP contribution in [0.4, 0.5) is 0 Å². The molecule has 1 heterocycles. The number of fused-ring (bicyclic) bond motifs is 1. The lowest BCUT2D eigenvalue weighted by Crippen LogP contribution is -2.34. The first kappa shape index (κ1) is 20.2. The molecular weight excluding hydrogens is 374 g/mol. The molecule has 0 unspecified atom stereocenters. The van der Waals surface area contributed by atoms with E-state index < -0.39 is 5.56 Å². The van der Waals surface area contributed by atoms with E-state index in [0.717, 1.165) is 16.0 Å². The third kappa shape index (κ3) is 4.31. The summed E-state index contributed by atoms with van der Waals surface area (Å²) in [5, 5.41) is 7.84. The van der Waals surface area contributed by atoms with E-state index in [2.05, 4.69) is 10.4 Å². The molecule has 1 amide bonds. The van der Waals surface area contributed by atoms with E-state index in [4.69, 9.17) is 14.2 Å². The first-order valence-corrected chi connectivity index (χ1v) is 9.08. The highest BCUT2D eigenvalue weighted by molar-refractivity contribution is 5.89. The Kier molecular flexibility index (Phi) is 6.33. The average Bonchev–Trinajstić information content (AvgIpc) is 2.75. The van der Waals surface area contributed by atoms with Crippen molar-refractivity contribution in [3.05, 3.63) is 58.5 Å². The second-order valence-electron chi connectivity index (χ2n) is 6.28. The summed E-state index contributed by atoms with van der Waals surface area (Å²) in [5.41, 5.74) is 0.575. The molecule has 8 nitrogen and oxygen atoms in total. The first-order valence-electron chi connectivity index (χ1n) is 9.08. The quantitative estimate of drug-likeness (QED) is 0.623. The summed E-state index contributed by atoms with van der Waals surface area (Å²) < 4.78 is 17.0. The molecule has 3 rings (SSSR count). The number of benzene rings is 2. The van der Waals surface area contributed by atoms with E-state index in [0.29, 0.717) is 35.2 Å². The molecule has 0 aliphatic rings. The van der Waals surface area contributed by atoms with Crippen molar-refractivity contribution in [3.63, 3.8) is 0 Å². The Hall–Kier alpha value is -3.55. The highest BCUT2D eigenvalue weighted by Crippen LogP contribution is 2.32. The molecule has 1 N–H and O–H groups in total. The van der Waals surface area contributed by atoms with Gasteiger partial charge in [-0.3, -0.25) is 9.59 Å². The van der Waals surface area contributed by atoms with Gasteiger partial charge in [0.05, 0.1) is 32.9 Å². The monoisotopic (exact) mass is 397 g/mol. The number of nitrogens with zero attached hydrogens (tertiary/aromatic N) is 2. The van der Waals surface area contributed by atoms with Gasteiger partial charge in [-0.1, -0.05) is 18.2 Å². The zero-order valence-electron chi connectivity index (χ0n) is 16.6. The molecule has 0 bridgehead atoms. The number of amides is 1. The molecule has 1 aromatic heterocycles. The van der Waals surface area contributed by atoms with Gasteiger partial charge >= 0.3 is 0 Å². The molecule has 8 heteroatoms. The second kappa shape index (κ2) is 9.09. The fraction of sp³-hybridized carbons (Fsp3) is 0.286. The molecule has 0 atom stereocenters. The van der Waals surface area contributed by atoms with Gasteiger partial charge in [0.1, 0.15) is 12.3 Å². The minimum atomic E-state index is -0.418. The fourth-order valence-electron chi connectivity index (χ4n) is 3.13. The summed E-state index contributed by atoms with van der Waals surface area (Å²) in [6, 6.07) is 11.1. The molecule has 29 heavy (non-hydrogen) atoms. The minimum absolute atomic E-state index is 0.193. The molecule has 0 saturated heterocycles. The molecule has 0 spiro atoms. The predicted octanol–water partition coefficient (Wildman–Crippen LogP) is 1.78. The molecular formula is C21H23N3O5. The smallest absolute Gasteiger partial charge is 0.279 e. The van der Waals surface area contributed by atoms with E-state index in [-0.39, 0.29) is 12.5 Å². The van der Waals surface area contributed by atoms with E-state index in [1.54, 1.807) is 19.2 Å². The van der Waals surface area contributed by atoms with Crippen molar-refractivity contribution in [1.82, 2.24) is 15.1 Å². The zero-order chi connectivity index (χ0) is 20.8. The van der Waals surface area contributed by atoms with Gasteiger partial charge < -0.3 is 19.5 Å². The van der Waals surface area contributed by atoms with Crippen molar-refractivity contribution in [1.29, 1.82) is 0 Å². The number of ether oxygens (including phenoxy) is 3. The van der Waals surface area contributed by atoms with Crippen LogP contribution in [-0.4, -0.2) is 43.6 Å². The van der Waals surface area contributed by atoms with Gasteiger partial charge in [-0.2, -0.15) is 5.10 Å². The molecule has 0 radical (unpaired) electrons. The lowest BCUT2D eigenvalue weighted by atomic mass is 10.1. The average molecular weight is 397 g/mol. The predicted molar refractivity (Wildman–Crippen MR) is 109 cm³/mol. The summed E-state index contributed by atoms with van der Waals surface area (Å²) in [5.74, 6) is 1.23. The maximum Gasteiger partial charge on any atom is 0.279 e. The maximum atomic E-state index is 12.9. The van der Waals surface area contributed by atoms with E-state index in [1.165, 1.54) is 20.4 Å². The van der Waals surface area contributed by atoms with Crippen molar-refractivity contribution >= 4 is 16.7 Å². The third-order valence-corrected chi connectivity index (χ3v) is 4.56. The summed E-state index contributed by atoms with van der Waals surface area (Å²) in [6.45, 7) is 0.222. The summed E-state index contributed by atoms with van der Waals surface area (Å²) in [4.78, 5) is 25.2. The Morgan fingerprint density at radius 2 is 1.79 bits per heavy atom. The van der Waals surface area contributed by atoms with Crippen LogP contribution in [0.25, 0.3) is 10.8 Å². The topological polar surface area (TPSA) is 91.7 Å². The van der Waals surface area contributed by atoms with E-state index in [1.807, 2.05) is 24.3 Å². The van der Waals surface area contributed by atoms with Gasteiger partial charge in [-0.25, -0.2) is 4.68 Å². The Balaban J connectivity index is 1.73. The molecule has 0 aliphatic heterocycles. The summed E-state index contributed by atoms with van der Waals surface area (Å²) in [7, 11) is 4.57. The standard InChI is InChI=1S/C21H23N3O5/c1-27-16-7-5-4-6-14(16)10-11-22-18(25)13-24-21(26)19-15(12-23-24)8-9-17(28-2)20(19)29-3/h4-9,12H,10-11,13H2,1-3H3,(H,22,25).